The van der Waals surface area contributed by atoms with Crippen molar-refractivity contribution in [2.45, 2.75) is 12.8 Å². The molecule has 1 aliphatic rings. The summed E-state index contributed by atoms with van der Waals surface area (Å²) in [5.41, 5.74) is -0.657. The maximum Gasteiger partial charge on any atom is 0.312 e. The highest BCUT2D eigenvalue weighted by Crippen LogP contribution is 2.34. The maximum atomic E-state index is 11.7. The third-order valence-corrected chi connectivity index (χ3v) is 5.35. The summed E-state index contributed by atoms with van der Waals surface area (Å²) < 4.78 is 29.3. The molecule has 0 bridgehead atoms. The summed E-state index contributed by atoms with van der Waals surface area (Å²) in [7, 11) is -3.18. The number of nitrogens with one attached hydrogen (secondary N) is 1. The molecule has 1 aromatic rings. The molecule has 0 saturated carbocycles. The molecule has 0 aromatic carbocycles. The van der Waals surface area contributed by atoms with Crippen LogP contribution in [-0.2, 0) is 14.6 Å². The summed E-state index contributed by atoms with van der Waals surface area (Å²) in [6, 6.07) is 1.36. The third kappa shape index (κ3) is 5.11. The van der Waals surface area contributed by atoms with Crippen LogP contribution in [0.3, 0.4) is 0 Å². The lowest BCUT2D eigenvalue weighted by atomic mass is 9.82. The first-order valence-electron chi connectivity index (χ1n) is 7.00. The zero-order valence-electron chi connectivity index (χ0n) is 12.6. The van der Waals surface area contributed by atoms with Gasteiger partial charge in [0.2, 0.25) is 5.82 Å². The molecule has 2 heterocycles. The summed E-state index contributed by atoms with van der Waals surface area (Å²) in [5, 5.41) is 14.1. The van der Waals surface area contributed by atoms with E-state index in [1.807, 2.05) is 0 Å². The molecule has 0 atom stereocenters. The minimum absolute atomic E-state index is 0.0146. The SMILES string of the molecule is CS(=O)(=O)CC1(CNc2ncc(Br)cc2[N+](=O)[O-])CCOCC1. The van der Waals surface area contributed by atoms with E-state index in [0.717, 1.165) is 0 Å². The van der Waals surface area contributed by atoms with Crippen LogP contribution in [0.2, 0.25) is 0 Å². The number of ether oxygens (including phenoxy) is 1. The lowest BCUT2D eigenvalue weighted by molar-refractivity contribution is -0.384. The van der Waals surface area contributed by atoms with Crippen LogP contribution in [0.15, 0.2) is 16.7 Å². The lowest BCUT2D eigenvalue weighted by Gasteiger charge is -2.36. The number of pyridine rings is 1. The van der Waals surface area contributed by atoms with Gasteiger partial charge in [-0.3, -0.25) is 10.1 Å². The quantitative estimate of drug-likeness (QED) is 0.566. The monoisotopic (exact) mass is 407 g/mol. The van der Waals surface area contributed by atoms with Gasteiger partial charge in [0.25, 0.3) is 0 Å². The lowest BCUT2D eigenvalue weighted by Crippen LogP contribution is -2.41. The fourth-order valence-corrected chi connectivity index (χ4v) is 4.53. The van der Waals surface area contributed by atoms with Gasteiger partial charge in [0.05, 0.1) is 10.7 Å². The average molecular weight is 408 g/mol. The molecule has 1 aliphatic heterocycles. The molecule has 8 nitrogen and oxygen atoms in total. The third-order valence-electron chi connectivity index (χ3n) is 3.78. The van der Waals surface area contributed by atoms with E-state index in [2.05, 4.69) is 26.2 Å². The van der Waals surface area contributed by atoms with Crippen LogP contribution in [0.5, 0.6) is 0 Å². The summed E-state index contributed by atoms with van der Waals surface area (Å²) >= 11 is 3.15. The Morgan fingerprint density at radius 1 is 1.48 bits per heavy atom. The van der Waals surface area contributed by atoms with Gasteiger partial charge in [-0.1, -0.05) is 0 Å². The molecular formula is C13H18BrN3O5S. The van der Waals surface area contributed by atoms with E-state index in [9.17, 15) is 18.5 Å². The second-order valence-corrected chi connectivity index (χ2v) is 8.87. The highest BCUT2D eigenvalue weighted by Gasteiger charge is 2.36. The largest absolute Gasteiger partial charge is 0.381 e. The van der Waals surface area contributed by atoms with Crippen LogP contribution in [0.25, 0.3) is 0 Å². The Hall–Kier alpha value is -1.26. The zero-order chi connectivity index (χ0) is 17.1. The van der Waals surface area contributed by atoms with Crippen molar-refractivity contribution < 1.29 is 18.1 Å². The Labute approximate surface area is 142 Å². The van der Waals surface area contributed by atoms with Crippen LogP contribution in [0.1, 0.15) is 12.8 Å². The molecule has 1 fully saturated rings. The molecule has 23 heavy (non-hydrogen) atoms. The van der Waals surface area contributed by atoms with Crippen LogP contribution in [0, 0.1) is 15.5 Å². The minimum Gasteiger partial charge on any atom is -0.381 e. The van der Waals surface area contributed by atoms with E-state index >= 15 is 0 Å². The second kappa shape index (κ2) is 7.10. The van der Waals surface area contributed by atoms with Gasteiger partial charge in [0.1, 0.15) is 9.84 Å². The Morgan fingerprint density at radius 2 is 2.13 bits per heavy atom. The molecule has 128 valence electrons. The first-order valence-corrected chi connectivity index (χ1v) is 9.85. The number of nitrogens with zero attached hydrogens (tertiary/aromatic N) is 2. The second-order valence-electron chi connectivity index (χ2n) is 5.81. The summed E-state index contributed by atoms with van der Waals surface area (Å²) in [6.07, 6.45) is 3.82. The van der Waals surface area contributed by atoms with Crippen LogP contribution in [-0.4, -0.2) is 50.1 Å². The highest BCUT2D eigenvalue weighted by molar-refractivity contribution is 9.10. The molecule has 0 spiro atoms. The molecule has 1 aromatic heterocycles. The predicted octanol–water partition coefficient (Wildman–Crippen LogP) is 2.01. The van der Waals surface area contributed by atoms with Crippen LogP contribution < -0.4 is 5.32 Å². The Balaban J connectivity index is 2.20. The van der Waals surface area contributed by atoms with Gasteiger partial charge in [-0.25, -0.2) is 13.4 Å². The predicted molar refractivity (Wildman–Crippen MR) is 89.3 cm³/mol. The number of halogens is 1. The molecule has 0 unspecified atom stereocenters. The van der Waals surface area contributed by atoms with Gasteiger partial charge in [0.15, 0.2) is 0 Å². The summed E-state index contributed by atoms with van der Waals surface area (Å²) in [6.45, 7) is 1.25. The smallest absolute Gasteiger partial charge is 0.312 e. The number of hydrogen-bond acceptors (Lipinski definition) is 7. The number of nitro groups is 1. The fourth-order valence-electron chi connectivity index (χ4n) is 2.71. The fraction of sp³-hybridized carbons (Fsp3) is 0.615. The van der Waals surface area contributed by atoms with Gasteiger partial charge in [0, 0.05) is 48.2 Å². The molecule has 2 rings (SSSR count). The highest BCUT2D eigenvalue weighted by atomic mass is 79.9. The van der Waals surface area contributed by atoms with E-state index in [1.165, 1.54) is 18.5 Å². The molecule has 1 saturated heterocycles. The summed E-state index contributed by atoms with van der Waals surface area (Å²) in [4.78, 5) is 14.6. The summed E-state index contributed by atoms with van der Waals surface area (Å²) in [5.74, 6) is 0.151. The average Bonchev–Trinajstić information content (AvgIpc) is 2.45. The van der Waals surface area contributed by atoms with Crippen molar-refractivity contribution in [3.8, 4) is 0 Å². The van der Waals surface area contributed by atoms with E-state index < -0.39 is 20.2 Å². The first-order chi connectivity index (χ1) is 10.7. The molecule has 0 amide bonds. The van der Waals surface area contributed by atoms with Gasteiger partial charge in [-0.2, -0.15) is 0 Å². The maximum absolute atomic E-state index is 11.7. The van der Waals surface area contributed by atoms with Crippen LogP contribution in [0.4, 0.5) is 11.5 Å². The standard InChI is InChI=1S/C13H18BrN3O5S/c1-23(20,21)9-13(2-4-22-5-3-13)8-16-12-11(17(18)19)6-10(14)7-15-12/h6-7H,2-5,8-9H2,1H3,(H,15,16). The molecule has 0 radical (unpaired) electrons. The Bertz CT molecular complexity index is 689. The first kappa shape index (κ1) is 18.1. The Kier molecular flexibility index (Phi) is 5.58. The number of hydrogen-bond donors (Lipinski definition) is 1. The van der Waals surface area contributed by atoms with Gasteiger partial charge in [-0.05, 0) is 28.8 Å². The van der Waals surface area contributed by atoms with E-state index in [0.29, 0.717) is 37.1 Å². The minimum atomic E-state index is -3.18. The van der Waals surface area contributed by atoms with Crippen molar-refractivity contribution in [1.82, 2.24) is 4.98 Å². The number of anilines is 1. The molecule has 10 heteroatoms. The topological polar surface area (TPSA) is 111 Å². The molecule has 0 aliphatic carbocycles. The van der Waals surface area contributed by atoms with E-state index in [-0.39, 0.29) is 17.3 Å². The van der Waals surface area contributed by atoms with Gasteiger partial charge < -0.3 is 10.1 Å². The number of aromatic nitrogens is 1. The zero-order valence-corrected chi connectivity index (χ0v) is 15.0. The Morgan fingerprint density at radius 3 is 2.70 bits per heavy atom. The van der Waals surface area contributed by atoms with Crippen molar-refractivity contribution in [3.05, 3.63) is 26.9 Å². The van der Waals surface area contributed by atoms with E-state index in [1.54, 1.807) is 0 Å². The molecule has 1 N–H and O–H groups in total. The van der Waals surface area contributed by atoms with Gasteiger partial charge in [-0.15, -0.1) is 0 Å². The van der Waals surface area contributed by atoms with Crippen molar-refractivity contribution in [2.24, 2.45) is 5.41 Å². The van der Waals surface area contributed by atoms with E-state index in [4.69, 9.17) is 4.74 Å². The normalized spacial score (nSPS) is 17.7. The van der Waals surface area contributed by atoms with Crippen LogP contribution >= 0.6 is 15.9 Å². The van der Waals surface area contributed by atoms with Crippen molar-refractivity contribution >= 4 is 37.3 Å². The van der Waals surface area contributed by atoms with Crippen molar-refractivity contribution in [2.75, 3.05) is 37.1 Å². The number of sulfone groups is 1. The molecular weight excluding hydrogens is 390 g/mol. The van der Waals surface area contributed by atoms with Crippen molar-refractivity contribution in [3.63, 3.8) is 0 Å². The van der Waals surface area contributed by atoms with Gasteiger partial charge >= 0.3 is 5.69 Å². The van der Waals surface area contributed by atoms with Crippen molar-refractivity contribution in [1.29, 1.82) is 0 Å². The number of rotatable bonds is 6.